The maximum absolute atomic E-state index is 14.5. The lowest BCUT2D eigenvalue weighted by atomic mass is 10.1. The van der Waals surface area contributed by atoms with E-state index in [2.05, 4.69) is 15.8 Å². The summed E-state index contributed by atoms with van der Waals surface area (Å²) >= 11 is 0. The van der Waals surface area contributed by atoms with Gasteiger partial charge in [-0.05, 0) is 37.5 Å². The molecule has 3 rings (SSSR count). The van der Waals surface area contributed by atoms with E-state index in [4.69, 9.17) is 4.52 Å². The van der Waals surface area contributed by atoms with Crippen molar-refractivity contribution in [3.63, 3.8) is 0 Å². The van der Waals surface area contributed by atoms with Crippen molar-refractivity contribution in [1.82, 2.24) is 10.5 Å². The molecule has 30 heavy (non-hydrogen) atoms. The highest BCUT2D eigenvalue weighted by molar-refractivity contribution is 6.04. The predicted molar refractivity (Wildman–Crippen MR) is 112 cm³/mol. The van der Waals surface area contributed by atoms with Gasteiger partial charge in [0.15, 0.2) is 0 Å². The average Bonchev–Trinajstić information content (AvgIpc) is 3.22. The molecule has 1 aromatic heterocycles. The molecular weight excluding hydrogens is 385 g/mol. The summed E-state index contributed by atoms with van der Waals surface area (Å²) in [5.41, 5.74) is 2.10. The molecule has 6 nitrogen and oxygen atoms in total. The molecule has 1 atom stereocenters. The van der Waals surface area contributed by atoms with Crippen LogP contribution in [0.5, 0.6) is 0 Å². The minimum Gasteiger partial charge on any atom is -0.351 e. The first-order chi connectivity index (χ1) is 14.3. The second-order valence-electron chi connectivity index (χ2n) is 7.46. The van der Waals surface area contributed by atoms with Crippen molar-refractivity contribution in [2.45, 2.75) is 39.7 Å². The molecule has 3 aromatic rings. The van der Waals surface area contributed by atoms with Gasteiger partial charge in [-0.3, -0.25) is 9.59 Å². The fourth-order valence-electron chi connectivity index (χ4n) is 2.90. The molecule has 0 aliphatic heterocycles. The molecule has 2 aromatic carbocycles. The van der Waals surface area contributed by atoms with Gasteiger partial charge in [-0.2, -0.15) is 0 Å². The third-order valence-electron chi connectivity index (χ3n) is 4.85. The molecule has 0 radical (unpaired) electrons. The molecule has 0 spiro atoms. The van der Waals surface area contributed by atoms with Gasteiger partial charge in [0.25, 0.3) is 11.8 Å². The molecular formula is C23H24FN3O3. The number of aromatic nitrogens is 1. The molecule has 0 aliphatic carbocycles. The first kappa shape index (κ1) is 21.2. The number of hydrogen-bond donors (Lipinski definition) is 2. The second kappa shape index (κ2) is 8.90. The number of hydrogen-bond acceptors (Lipinski definition) is 4. The van der Waals surface area contributed by atoms with Crippen molar-refractivity contribution >= 4 is 17.5 Å². The maximum atomic E-state index is 14.5. The van der Waals surface area contributed by atoms with Gasteiger partial charge in [0, 0.05) is 22.9 Å². The van der Waals surface area contributed by atoms with Crippen LogP contribution in [0.3, 0.4) is 0 Å². The first-order valence-corrected chi connectivity index (χ1v) is 9.70. The summed E-state index contributed by atoms with van der Waals surface area (Å²) in [6, 6.07) is 13.3. The quantitative estimate of drug-likeness (QED) is 0.601. The number of rotatable bonds is 6. The van der Waals surface area contributed by atoms with Gasteiger partial charge in [0.2, 0.25) is 5.76 Å². The number of carbonyl (C=O) groups excluding carboxylic acids is 2. The van der Waals surface area contributed by atoms with E-state index in [1.165, 1.54) is 13.0 Å². The lowest BCUT2D eigenvalue weighted by molar-refractivity contribution is 0.0937. The third-order valence-corrected chi connectivity index (χ3v) is 4.85. The summed E-state index contributed by atoms with van der Waals surface area (Å²) in [4.78, 5) is 25.1. The molecule has 0 bridgehead atoms. The van der Waals surface area contributed by atoms with Crippen molar-refractivity contribution in [2.24, 2.45) is 0 Å². The van der Waals surface area contributed by atoms with Crippen LogP contribution in [0.25, 0.3) is 0 Å². The fourth-order valence-corrected chi connectivity index (χ4v) is 2.90. The number of carbonyl (C=O) groups is 2. The SMILES string of the molecule is Cc1c(F)cc(C(=O)NC(C)c2ccccc2)cc1NC(=O)c1cc(C(C)C)no1. The molecule has 0 saturated heterocycles. The molecule has 0 fully saturated rings. The molecule has 156 valence electrons. The van der Waals surface area contributed by atoms with Crippen LogP contribution >= 0.6 is 0 Å². The molecule has 2 N–H and O–H groups in total. The van der Waals surface area contributed by atoms with Gasteiger partial charge in [-0.25, -0.2) is 4.39 Å². The van der Waals surface area contributed by atoms with E-state index >= 15 is 0 Å². The highest BCUT2D eigenvalue weighted by atomic mass is 19.1. The highest BCUT2D eigenvalue weighted by Gasteiger charge is 2.19. The Kier molecular flexibility index (Phi) is 6.30. The minimum atomic E-state index is -0.592. The van der Waals surface area contributed by atoms with Crippen molar-refractivity contribution in [1.29, 1.82) is 0 Å². The zero-order chi connectivity index (χ0) is 21.8. The third kappa shape index (κ3) is 4.74. The lowest BCUT2D eigenvalue weighted by Gasteiger charge is -2.16. The van der Waals surface area contributed by atoms with Crippen LogP contribution in [0.4, 0.5) is 10.1 Å². The van der Waals surface area contributed by atoms with Gasteiger partial charge in [0.05, 0.1) is 11.7 Å². The summed E-state index contributed by atoms with van der Waals surface area (Å²) in [5, 5.41) is 9.30. The highest BCUT2D eigenvalue weighted by Crippen LogP contribution is 2.23. The smallest absolute Gasteiger partial charge is 0.294 e. The van der Waals surface area contributed by atoms with E-state index in [0.717, 1.165) is 11.6 Å². The molecule has 0 saturated carbocycles. The van der Waals surface area contributed by atoms with Gasteiger partial charge < -0.3 is 15.2 Å². The van der Waals surface area contributed by atoms with Crippen LogP contribution < -0.4 is 10.6 Å². The monoisotopic (exact) mass is 409 g/mol. The number of amides is 2. The summed E-state index contributed by atoms with van der Waals surface area (Å²) in [6.07, 6.45) is 0. The standard InChI is InChI=1S/C23H24FN3O3/c1-13(2)19-12-21(30-27-19)23(29)26-20-11-17(10-18(24)14(20)3)22(28)25-15(4)16-8-6-5-7-9-16/h5-13,15H,1-4H3,(H,25,28)(H,26,29). The number of anilines is 1. The zero-order valence-corrected chi connectivity index (χ0v) is 17.3. The number of nitrogens with zero attached hydrogens (tertiary/aromatic N) is 1. The minimum absolute atomic E-state index is 0.0195. The molecule has 2 amide bonds. The summed E-state index contributed by atoms with van der Waals surface area (Å²) < 4.78 is 19.5. The van der Waals surface area contributed by atoms with Crippen LogP contribution in [0.1, 0.15) is 70.5 Å². The van der Waals surface area contributed by atoms with E-state index in [0.29, 0.717) is 5.69 Å². The van der Waals surface area contributed by atoms with Crippen molar-refractivity contribution in [3.8, 4) is 0 Å². The van der Waals surface area contributed by atoms with Crippen LogP contribution in [0, 0.1) is 12.7 Å². The topological polar surface area (TPSA) is 84.2 Å². The van der Waals surface area contributed by atoms with Crippen LogP contribution in [0.2, 0.25) is 0 Å². The first-order valence-electron chi connectivity index (χ1n) is 9.70. The van der Waals surface area contributed by atoms with Gasteiger partial charge in [0.1, 0.15) is 5.82 Å². The lowest BCUT2D eigenvalue weighted by Crippen LogP contribution is -2.27. The summed E-state index contributed by atoms with van der Waals surface area (Å²) in [6.45, 7) is 7.23. The Labute approximate surface area is 174 Å². The Hall–Kier alpha value is -3.48. The number of benzene rings is 2. The van der Waals surface area contributed by atoms with Gasteiger partial charge in [-0.1, -0.05) is 49.3 Å². The van der Waals surface area contributed by atoms with E-state index in [1.807, 2.05) is 51.1 Å². The Morgan fingerprint density at radius 3 is 2.37 bits per heavy atom. The largest absolute Gasteiger partial charge is 0.351 e. The Morgan fingerprint density at radius 1 is 1.03 bits per heavy atom. The normalized spacial score (nSPS) is 11.9. The van der Waals surface area contributed by atoms with Crippen LogP contribution in [-0.4, -0.2) is 17.0 Å². The maximum Gasteiger partial charge on any atom is 0.294 e. The number of halogens is 1. The summed E-state index contributed by atoms with van der Waals surface area (Å²) in [5.74, 6) is -1.47. The number of nitrogens with one attached hydrogen (secondary N) is 2. The second-order valence-corrected chi connectivity index (χ2v) is 7.46. The Morgan fingerprint density at radius 2 is 1.73 bits per heavy atom. The van der Waals surface area contributed by atoms with Crippen molar-refractivity contribution in [3.05, 3.63) is 82.5 Å². The van der Waals surface area contributed by atoms with E-state index in [9.17, 15) is 14.0 Å². The van der Waals surface area contributed by atoms with Crippen LogP contribution in [-0.2, 0) is 0 Å². The van der Waals surface area contributed by atoms with Gasteiger partial charge >= 0.3 is 0 Å². The average molecular weight is 409 g/mol. The molecule has 0 aliphatic rings. The molecule has 1 heterocycles. The van der Waals surface area contributed by atoms with E-state index < -0.39 is 17.6 Å². The van der Waals surface area contributed by atoms with Crippen molar-refractivity contribution in [2.75, 3.05) is 5.32 Å². The van der Waals surface area contributed by atoms with Gasteiger partial charge in [-0.15, -0.1) is 0 Å². The van der Waals surface area contributed by atoms with E-state index in [-0.39, 0.29) is 34.5 Å². The Bertz CT molecular complexity index is 1060. The molecule has 1 unspecified atom stereocenters. The predicted octanol–water partition coefficient (Wildman–Crippen LogP) is 4.99. The van der Waals surface area contributed by atoms with Crippen molar-refractivity contribution < 1.29 is 18.5 Å². The zero-order valence-electron chi connectivity index (χ0n) is 17.3. The van der Waals surface area contributed by atoms with Crippen LogP contribution in [0.15, 0.2) is 53.1 Å². The summed E-state index contributed by atoms with van der Waals surface area (Å²) in [7, 11) is 0. The Balaban J connectivity index is 1.79. The fraction of sp³-hybridized carbons (Fsp3) is 0.261. The van der Waals surface area contributed by atoms with E-state index in [1.54, 1.807) is 6.07 Å². The molecule has 7 heteroatoms.